The third-order valence-electron chi connectivity index (χ3n) is 6.05. The van der Waals surface area contributed by atoms with Crippen LogP contribution in [0.15, 0.2) is 53.5 Å². The average molecular weight is 376 g/mol. The molecule has 0 atom stereocenters. The number of para-hydroxylation sites is 1. The van der Waals surface area contributed by atoms with Crippen molar-refractivity contribution < 1.29 is 4.79 Å². The number of nitrogens with zero attached hydrogens (tertiary/aromatic N) is 2. The Morgan fingerprint density at radius 2 is 1.79 bits per heavy atom. The smallest absolute Gasteiger partial charge is 0.256 e. The van der Waals surface area contributed by atoms with Crippen LogP contribution < -0.4 is 5.73 Å². The second kappa shape index (κ2) is 7.78. The van der Waals surface area contributed by atoms with E-state index in [4.69, 9.17) is 10.7 Å². The van der Waals surface area contributed by atoms with Crippen LogP contribution in [0.5, 0.6) is 0 Å². The summed E-state index contributed by atoms with van der Waals surface area (Å²) in [5.74, 6) is 1.21. The highest BCUT2D eigenvalue weighted by Crippen LogP contribution is 2.40. The van der Waals surface area contributed by atoms with Crippen LogP contribution in [-0.4, -0.2) is 22.2 Å². The molecule has 1 heterocycles. The quantitative estimate of drug-likeness (QED) is 0.707. The van der Waals surface area contributed by atoms with Gasteiger partial charge in [-0.1, -0.05) is 68.7 Å². The lowest BCUT2D eigenvalue weighted by molar-refractivity contribution is -0.131. The molecule has 2 aromatic carbocycles. The first kappa shape index (κ1) is 18.7. The Morgan fingerprint density at radius 3 is 2.46 bits per heavy atom. The van der Waals surface area contributed by atoms with Crippen molar-refractivity contribution in [2.45, 2.75) is 64.0 Å². The maximum absolute atomic E-state index is 13.2. The number of benzene rings is 2. The first-order chi connectivity index (χ1) is 13.6. The van der Waals surface area contributed by atoms with Crippen molar-refractivity contribution in [1.82, 2.24) is 4.90 Å². The van der Waals surface area contributed by atoms with E-state index in [-0.39, 0.29) is 5.91 Å². The van der Waals surface area contributed by atoms with Gasteiger partial charge in [-0.25, -0.2) is 0 Å². The molecule has 2 aliphatic rings. The van der Waals surface area contributed by atoms with Crippen LogP contribution in [0.2, 0.25) is 0 Å². The molecule has 0 unspecified atom stereocenters. The second-order valence-electron chi connectivity index (χ2n) is 8.05. The third-order valence-corrected chi connectivity index (χ3v) is 6.05. The van der Waals surface area contributed by atoms with Crippen molar-refractivity contribution >= 4 is 17.4 Å². The summed E-state index contributed by atoms with van der Waals surface area (Å²) < 4.78 is 0. The molecule has 2 aromatic rings. The number of carbonyl (C=O) groups is 1. The lowest BCUT2D eigenvalue weighted by Crippen LogP contribution is -2.40. The van der Waals surface area contributed by atoms with Gasteiger partial charge in [-0.3, -0.25) is 14.7 Å². The number of aliphatic imine (C=N–C) groups is 1. The molecule has 2 N–H and O–H groups in total. The zero-order valence-corrected chi connectivity index (χ0v) is 16.7. The normalized spacial score (nSPS) is 18.1. The van der Waals surface area contributed by atoms with Gasteiger partial charge in [0.1, 0.15) is 11.4 Å². The number of carbonyl (C=O) groups excluding carboxylic acids is 1. The summed E-state index contributed by atoms with van der Waals surface area (Å²) >= 11 is 0. The van der Waals surface area contributed by atoms with E-state index in [1.165, 1.54) is 0 Å². The fraction of sp³-hybridized carbons (Fsp3) is 0.417. The molecule has 4 rings (SSSR count). The van der Waals surface area contributed by atoms with Crippen LogP contribution in [0.25, 0.3) is 11.1 Å². The van der Waals surface area contributed by atoms with Gasteiger partial charge in [0.15, 0.2) is 0 Å². The van der Waals surface area contributed by atoms with Crippen molar-refractivity contribution in [1.29, 1.82) is 0 Å². The van der Waals surface area contributed by atoms with E-state index in [9.17, 15) is 4.79 Å². The first-order valence-electron chi connectivity index (χ1n) is 10.5. The fourth-order valence-electron chi connectivity index (χ4n) is 4.43. The molecular weight excluding hydrogens is 346 g/mol. The van der Waals surface area contributed by atoms with Crippen LogP contribution in [0.4, 0.5) is 5.69 Å². The molecule has 0 saturated heterocycles. The summed E-state index contributed by atoms with van der Waals surface area (Å²) in [6.07, 6.45) is 7.11. The molecule has 0 radical (unpaired) electrons. The standard InChI is InChI=1S/C24H29N3O/c1-2-3-10-22-26-24(15-6-7-16-24)23(28)27(22)17-18-11-13-19(14-12-18)20-8-4-5-9-21(20)25/h4-5,8-9,11-14H,2-3,6-7,10,15-17,25H2,1H3. The lowest BCUT2D eigenvalue weighted by atomic mass is 9.98. The summed E-state index contributed by atoms with van der Waals surface area (Å²) in [5.41, 5.74) is 9.70. The van der Waals surface area contributed by atoms with Crippen molar-refractivity contribution in [2.24, 2.45) is 4.99 Å². The first-order valence-corrected chi connectivity index (χ1v) is 10.5. The molecule has 0 bridgehead atoms. The van der Waals surface area contributed by atoms with Crippen molar-refractivity contribution in [3.05, 3.63) is 54.1 Å². The molecule has 1 saturated carbocycles. The zero-order valence-electron chi connectivity index (χ0n) is 16.7. The second-order valence-corrected chi connectivity index (χ2v) is 8.05. The van der Waals surface area contributed by atoms with Gasteiger partial charge >= 0.3 is 0 Å². The predicted octanol–water partition coefficient (Wildman–Crippen LogP) is 5.18. The summed E-state index contributed by atoms with van der Waals surface area (Å²) in [6, 6.07) is 16.3. The molecule has 0 aromatic heterocycles. The minimum Gasteiger partial charge on any atom is -0.398 e. The highest BCUT2D eigenvalue weighted by molar-refractivity contribution is 6.08. The molecule has 4 nitrogen and oxygen atoms in total. The van der Waals surface area contributed by atoms with Crippen LogP contribution in [0.3, 0.4) is 0 Å². The molecule has 1 amide bonds. The van der Waals surface area contributed by atoms with Gasteiger partial charge in [-0.15, -0.1) is 0 Å². The molecule has 146 valence electrons. The lowest BCUT2D eigenvalue weighted by Gasteiger charge is -2.23. The number of hydrogen-bond acceptors (Lipinski definition) is 3. The fourth-order valence-corrected chi connectivity index (χ4v) is 4.43. The van der Waals surface area contributed by atoms with Gasteiger partial charge in [0.05, 0.1) is 6.54 Å². The van der Waals surface area contributed by atoms with Gasteiger partial charge in [-0.2, -0.15) is 0 Å². The maximum atomic E-state index is 13.2. The minimum absolute atomic E-state index is 0.215. The molecule has 1 fully saturated rings. The van der Waals surface area contributed by atoms with E-state index in [0.717, 1.165) is 73.2 Å². The predicted molar refractivity (Wildman–Crippen MR) is 115 cm³/mol. The highest BCUT2D eigenvalue weighted by Gasteiger charge is 2.49. The van der Waals surface area contributed by atoms with Crippen molar-refractivity contribution in [3.63, 3.8) is 0 Å². The highest BCUT2D eigenvalue weighted by atomic mass is 16.2. The van der Waals surface area contributed by atoms with E-state index >= 15 is 0 Å². The number of amides is 1. The topological polar surface area (TPSA) is 58.7 Å². The molecule has 1 spiro atoms. The van der Waals surface area contributed by atoms with Gasteiger partial charge in [0, 0.05) is 17.7 Å². The largest absolute Gasteiger partial charge is 0.398 e. The number of hydrogen-bond donors (Lipinski definition) is 1. The zero-order chi connectivity index (χ0) is 19.6. The van der Waals surface area contributed by atoms with E-state index in [0.29, 0.717) is 6.54 Å². The van der Waals surface area contributed by atoms with Crippen LogP contribution in [0, 0.1) is 0 Å². The average Bonchev–Trinajstić information content (AvgIpc) is 3.28. The van der Waals surface area contributed by atoms with Crippen molar-refractivity contribution in [2.75, 3.05) is 5.73 Å². The number of amidine groups is 1. The molecule has 28 heavy (non-hydrogen) atoms. The summed E-state index contributed by atoms with van der Waals surface area (Å²) in [4.78, 5) is 20.2. The van der Waals surface area contributed by atoms with Gasteiger partial charge in [-0.05, 0) is 36.5 Å². The minimum atomic E-state index is -0.457. The van der Waals surface area contributed by atoms with Crippen LogP contribution >= 0.6 is 0 Å². The summed E-state index contributed by atoms with van der Waals surface area (Å²) in [6.45, 7) is 2.79. The Bertz CT molecular complexity index is 879. The Kier molecular flexibility index (Phi) is 5.21. The third kappa shape index (κ3) is 3.44. The number of rotatable bonds is 6. The van der Waals surface area contributed by atoms with Gasteiger partial charge < -0.3 is 5.73 Å². The molecule has 1 aliphatic carbocycles. The number of nitrogen functional groups attached to an aromatic ring is 1. The molecule has 4 heteroatoms. The molecule has 1 aliphatic heterocycles. The Morgan fingerprint density at radius 1 is 1.07 bits per heavy atom. The van der Waals surface area contributed by atoms with E-state index < -0.39 is 5.54 Å². The SMILES string of the molecule is CCCCC1=NC2(CCCC2)C(=O)N1Cc1ccc(-c2ccccc2N)cc1. The van der Waals surface area contributed by atoms with Gasteiger partial charge in [0.25, 0.3) is 5.91 Å². The Hall–Kier alpha value is -2.62. The summed E-state index contributed by atoms with van der Waals surface area (Å²) in [5, 5.41) is 0. The van der Waals surface area contributed by atoms with E-state index in [1.807, 2.05) is 29.2 Å². The van der Waals surface area contributed by atoms with Gasteiger partial charge in [0.2, 0.25) is 0 Å². The maximum Gasteiger partial charge on any atom is 0.256 e. The number of anilines is 1. The van der Waals surface area contributed by atoms with E-state index in [2.05, 4.69) is 31.2 Å². The number of unbranched alkanes of at least 4 members (excludes halogenated alkanes) is 1. The van der Waals surface area contributed by atoms with Crippen molar-refractivity contribution in [3.8, 4) is 11.1 Å². The summed E-state index contributed by atoms with van der Waals surface area (Å²) in [7, 11) is 0. The molecular formula is C24H29N3O. The van der Waals surface area contributed by atoms with Crippen LogP contribution in [-0.2, 0) is 11.3 Å². The monoisotopic (exact) mass is 375 g/mol. The van der Waals surface area contributed by atoms with Crippen LogP contribution in [0.1, 0.15) is 57.4 Å². The van der Waals surface area contributed by atoms with E-state index in [1.54, 1.807) is 0 Å². The Labute approximate surface area is 167 Å². The number of nitrogens with two attached hydrogens (primary N) is 1. The Balaban J connectivity index is 1.54.